The zero-order valence-corrected chi connectivity index (χ0v) is 9.82. The van der Waals surface area contributed by atoms with Crippen molar-refractivity contribution < 1.29 is 24.0 Å². The van der Waals surface area contributed by atoms with Crippen molar-refractivity contribution in [2.75, 3.05) is 0 Å². The number of ether oxygens (including phenoxy) is 1. The van der Waals surface area contributed by atoms with E-state index >= 15 is 0 Å². The van der Waals surface area contributed by atoms with Crippen LogP contribution in [0.25, 0.3) is 0 Å². The number of benzene rings is 1. The quantitative estimate of drug-likeness (QED) is 0.681. The van der Waals surface area contributed by atoms with E-state index in [0.29, 0.717) is 0 Å². The number of nitrogens with zero attached hydrogens (tertiary/aromatic N) is 2. The summed E-state index contributed by atoms with van der Waals surface area (Å²) in [5.74, 6) is -2.65. The third-order valence-corrected chi connectivity index (χ3v) is 2.35. The number of carbonyl (C=O) groups is 1. The minimum absolute atomic E-state index is 0.214. The van der Waals surface area contributed by atoms with E-state index in [4.69, 9.17) is 9.84 Å². The van der Waals surface area contributed by atoms with Gasteiger partial charge in [0.1, 0.15) is 11.4 Å². The lowest BCUT2D eigenvalue weighted by atomic mass is 10.2. The molecule has 20 heavy (non-hydrogen) atoms. The average molecular weight is 278 g/mol. The van der Waals surface area contributed by atoms with Gasteiger partial charge in [-0.15, -0.1) is 0 Å². The molecule has 2 rings (SSSR count). The molecule has 0 amide bonds. The van der Waals surface area contributed by atoms with Gasteiger partial charge in [0, 0.05) is 18.3 Å². The summed E-state index contributed by atoms with van der Waals surface area (Å²) in [6.45, 7) is 0. The van der Waals surface area contributed by atoms with Crippen LogP contribution in [0.2, 0.25) is 0 Å². The minimum Gasteiger partial charge on any atom is -0.478 e. The fourth-order valence-electron chi connectivity index (χ4n) is 1.48. The molecular weight excluding hydrogens is 271 g/mol. The molecule has 0 aliphatic carbocycles. The summed E-state index contributed by atoms with van der Waals surface area (Å²) in [6.07, 6.45) is 2.31. The van der Waals surface area contributed by atoms with Gasteiger partial charge in [-0.2, -0.15) is 0 Å². The Labute approximate surface area is 111 Å². The number of pyridine rings is 1. The second-order valence-corrected chi connectivity index (χ2v) is 3.65. The van der Waals surface area contributed by atoms with Crippen LogP contribution in [0.1, 0.15) is 10.4 Å². The molecule has 0 unspecified atom stereocenters. The highest BCUT2D eigenvalue weighted by atomic mass is 19.1. The number of aromatic carboxylic acids is 1. The molecule has 0 atom stereocenters. The molecule has 7 nitrogen and oxygen atoms in total. The third kappa shape index (κ3) is 2.69. The monoisotopic (exact) mass is 278 g/mol. The largest absolute Gasteiger partial charge is 0.478 e. The number of hydrogen-bond donors (Lipinski definition) is 1. The summed E-state index contributed by atoms with van der Waals surface area (Å²) in [4.78, 5) is 24.7. The van der Waals surface area contributed by atoms with E-state index in [9.17, 15) is 19.3 Å². The number of halogens is 1. The van der Waals surface area contributed by atoms with Gasteiger partial charge < -0.3 is 9.84 Å². The molecule has 0 spiro atoms. The van der Waals surface area contributed by atoms with Gasteiger partial charge in [0.25, 0.3) is 0 Å². The van der Waals surface area contributed by atoms with Crippen LogP contribution in [0.4, 0.5) is 10.1 Å². The number of aromatic nitrogens is 1. The summed E-state index contributed by atoms with van der Waals surface area (Å²) in [5.41, 5.74) is -0.717. The van der Waals surface area contributed by atoms with Crippen molar-refractivity contribution in [3.05, 3.63) is 58.2 Å². The molecule has 0 aliphatic heterocycles. The lowest BCUT2D eigenvalue weighted by Gasteiger charge is -2.08. The summed E-state index contributed by atoms with van der Waals surface area (Å²) < 4.78 is 18.3. The standard InChI is InChI=1S/C12H7FN2O5/c13-7-1-2-9(15(18)19)10(5-7)20-11-6-14-4-3-8(11)12(16)17/h1-6H,(H,16,17). The first-order valence-corrected chi connectivity index (χ1v) is 5.28. The van der Waals surface area contributed by atoms with Gasteiger partial charge in [0.2, 0.25) is 5.75 Å². The Bertz CT molecular complexity index is 689. The van der Waals surface area contributed by atoms with Crippen molar-refractivity contribution in [2.45, 2.75) is 0 Å². The first kappa shape index (κ1) is 13.4. The van der Waals surface area contributed by atoms with Crippen LogP contribution in [0.3, 0.4) is 0 Å². The molecule has 1 aromatic heterocycles. The van der Waals surface area contributed by atoms with Gasteiger partial charge in [-0.25, -0.2) is 9.18 Å². The van der Waals surface area contributed by atoms with Gasteiger partial charge in [0.05, 0.1) is 11.1 Å². The SMILES string of the molecule is O=C(O)c1ccncc1Oc1cc(F)ccc1[N+](=O)[O-]. The van der Waals surface area contributed by atoms with Crippen LogP contribution in [0, 0.1) is 15.9 Å². The van der Waals surface area contributed by atoms with E-state index in [1.807, 2.05) is 0 Å². The minimum atomic E-state index is -1.29. The van der Waals surface area contributed by atoms with Crippen molar-refractivity contribution in [1.82, 2.24) is 4.98 Å². The van der Waals surface area contributed by atoms with Crippen molar-refractivity contribution in [3.8, 4) is 11.5 Å². The van der Waals surface area contributed by atoms with Gasteiger partial charge >= 0.3 is 11.7 Å². The predicted molar refractivity (Wildman–Crippen MR) is 64.3 cm³/mol. The van der Waals surface area contributed by atoms with Gasteiger partial charge in [-0.05, 0) is 12.1 Å². The molecule has 1 heterocycles. The molecule has 2 aromatic rings. The van der Waals surface area contributed by atoms with Crippen LogP contribution in [0.15, 0.2) is 36.7 Å². The summed E-state index contributed by atoms with van der Waals surface area (Å²) in [7, 11) is 0. The van der Waals surface area contributed by atoms with Crippen molar-refractivity contribution in [3.63, 3.8) is 0 Å². The topological polar surface area (TPSA) is 103 Å². The van der Waals surface area contributed by atoms with Crippen LogP contribution in [0.5, 0.6) is 11.5 Å². The Morgan fingerprint density at radius 2 is 2.10 bits per heavy atom. The second kappa shape index (κ2) is 5.31. The molecular formula is C12H7FN2O5. The highest BCUT2D eigenvalue weighted by molar-refractivity contribution is 5.90. The first-order chi connectivity index (χ1) is 9.49. The first-order valence-electron chi connectivity index (χ1n) is 5.28. The number of nitro benzene ring substituents is 1. The van der Waals surface area contributed by atoms with Crippen molar-refractivity contribution in [2.24, 2.45) is 0 Å². The molecule has 1 N–H and O–H groups in total. The smallest absolute Gasteiger partial charge is 0.339 e. The molecule has 1 aromatic carbocycles. The normalized spacial score (nSPS) is 10.1. The number of carboxylic acid groups (broad SMARTS) is 1. The summed E-state index contributed by atoms with van der Waals surface area (Å²) in [5, 5.41) is 19.8. The van der Waals surface area contributed by atoms with Crippen LogP contribution in [-0.2, 0) is 0 Å². The van der Waals surface area contributed by atoms with Crippen molar-refractivity contribution in [1.29, 1.82) is 0 Å². The molecule has 0 fully saturated rings. The molecule has 0 radical (unpaired) electrons. The number of hydrogen-bond acceptors (Lipinski definition) is 5. The third-order valence-electron chi connectivity index (χ3n) is 2.35. The second-order valence-electron chi connectivity index (χ2n) is 3.65. The molecule has 0 saturated heterocycles. The maximum absolute atomic E-state index is 13.1. The van der Waals surface area contributed by atoms with Gasteiger partial charge in [-0.1, -0.05) is 0 Å². The number of rotatable bonds is 4. The lowest BCUT2D eigenvalue weighted by Crippen LogP contribution is -2.01. The Morgan fingerprint density at radius 1 is 1.35 bits per heavy atom. The predicted octanol–water partition coefficient (Wildman–Crippen LogP) is 2.62. The van der Waals surface area contributed by atoms with E-state index in [2.05, 4.69) is 4.98 Å². The van der Waals surface area contributed by atoms with E-state index < -0.39 is 28.1 Å². The van der Waals surface area contributed by atoms with Crippen LogP contribution >= 0.6 is 0 Å². The fourth-order valence-corrected chi connectivity index (χ4v) is 1.48. The summed E-state index contributed by atoms with van der Waals surface area (Å²) >= 11 is 0. The highest BCUT2D eigenvalue weighted by Gasteiger charge is 2.19. The Kier molecular flexibility index (Phi) is 3.56. The number of nitro groups is 1. The molecule has 0 saturated carbocycles. The van der Waals surface area contributed by atoms with Gasteiger partial charge in [0.15, 0.2) is 5.75 Å². The molecule has 8 heteroatoms. The average Bonchev–Trinajstić information content (AvgIpc) is 2.38. The highest BCUT2D eigenvalue weighted by Crippen LogP contribution is 2.33. The zero-order chi connectivity index (χ0) is 14.7. The fraction of sp³-hybridized carbons (Fsp3) is 0. The Morgan fingerprint density at radius 3 is 2.75 bits per heavy atom. The van der Waals surface area contributed by atoms with E-state index in [-0.39, 0.29) is 11.3 Å². The van der Waals surface area contributed by atoms with Gasteiger partial charge in [-0.3, -0.25) is 15.1 Å². The Balaban J connectivity index is 2.47. The molecule has 0 bridgehead atoms. The maximum Gasteiger partial charge on any atom is 0.339 e. The molecule has 0 aliphatic rings. The molecule has 102 valence electrons. The zero-order valence-electron chi connectivity index (χ0n) is 9.82. The summed E-state index contributed by atoms with van der Waals surface area (Å²) in [6, 6.07) is 3.81. The van der Waals surface area contributed by atoms with Crippen molar-refractivity contribution >= 4 is 11.7 Å². The van der Waals surface area contributed by atoms with Crippen LogP contribution in [-0.4, -0.2) is 21.0 Å². The number of carboxylic acids is 1. The maximum atomic E-state index is 13.1. The Hall–Kier alpha value is -3.03. The van der Waals surface area contributed by atoms with Crippen LogP contribution < -0.4 is 4.74 Å². The van der Waals surface area contributed by atoms with E-state index in [0.717, 1.165) is 24.4 Å². The lowest BCUT2D eigenvalue weighted by molar-refractivity contribution is -0.385. The van der Waals surface area contributed by atoms with E-state index in [1.165, 1.54) is 12.3 Å². The van der Waals surface area contributed by atoms with E-state index in [1.54, 1.807) is 0 Å².